The SMILES string of the molecule is O=C(c1cccnc1SC(F)F)N1CCN(c2cccc(C(F)(F)F)c2)CC1. The van der Waals surface area contributed by atoms with Gasteiger partial charge < -0.3 is 9.80 Å². The van der Waals surface area contributed by atoms with Gasteiger partial charge in [-0.25, -0.2) is 4.98 Å². The largest absolute Gasteiger partial charge is 0.416 e. The number of benzene rings is 1. The highest BCUT2D eigenvalue weighted by Gasteiger charge is 2.31. The molecule has 1 amide bonds. The molecule has 0 unspecified atom stereocenters. The van der Waals surface area contributed by atoms with Crippen LogP contribution in [0.3, 0.4) is 0 Å². The third-order valence-electron chi connectivity index (χ3n) is 4.31. The van der Waals surface area contributed by atoms with E-state index in [1.807, 2.05) is 0 Å². The fourth-order valence-electron chi connectivity index (χ4n) is 2.95. The predicted molar refractivity (Wildman–Crippen MR) is 95.7 cm³/mol. The summed E-state index contributed by atoms with van der Waals surface area (Å²) in [5.74, 6) is -3.11. The zero-order valence-electron chi connectivity index (χ0n) is 14.5. The Morgan fingerprint density at radius 1 is 1.07 bits per heavy atom. The van der Waals surface area contributed by atoms with Crippen molar-refractivity contribution in [3.05, 3.63) is 53.7 Å². The van der Waals surface area contributed by atoms with Gasteiger partial charge in [0.05, 0.1) is 11.1 Å². The summed E-state index contributed by atoms with van der Waals surface area (Å²) in [4.78, 5) is 19.8. The van der Waals surface area contributed by atoms with Crippen molar-refractivity contribution in [1.29, 1.82) is 0 Å². The molecule has 4 nitrogen and oxygen atoms in total. The molecular weight excluding hydrogens is 401 g/mol. The third kappa shape index (κ3) is 4.73. The van der Waals surface area contributed by atoms with Gasteiger partial charge >= 0.3 is 6.18 Å². The molecule has 1 saturated heterocycles. The Balaban J connectivity index is 1.69. The van der Waals surface area contributed by atoms with Crippen molar-refractivity contribution in [2.24, 2.45) is 0 Å². The molecule has 0 aliphatic carbocycles. The van der Waals surface area contributed by atoms with Crippen LogP contribution in [0.25, 0.3) is 0 Å². The molecule has 1 aliphatic rings. The first-order chi connectivity index (χ1) is 13.3. The van der Waals surface area contributed by atoms with Gasteiger partial charge in [-0.1, -0.05) is 6.07 Å². The quantitative estimate of drug-likeness (QED) is 0.547. The Labute approximate surface area is 162 Å². The van der Waals surface area contributed by atoms with Crippen LogP contribution in [0.15, 0.2) is 47.6 Å². The summed E-state index contributed by atoms with van der Waals surface area (Å²) < 4.78 is 64.0. The van der Waals surface area contributed by atoms with E-state index in [1.54, 1.807) is 11.0 Å². The van der Waals surface area contributed by atoms with Crippen molar-refractivity contribution in [1.82, 2.24) is 9.88 Å². The van der Waals surface area contributed by atoms with Crippen molar-refractivity contribution >= 4 is 23.4 Å². The molecule has 150 valence electrons. The van der Waals surface area contributed by atoms with Crippen molar-refractivity contribution in [3.8, 4) is 0 Å². The van der Waals surface area contributed by atoms with Crippen LogP contribution in [-0.2, 0) is 6.18 Å². The van der Waals surface area contributed by atoms with Gasteiger partial charge in [0.1, 0.15) is 5.03 Å². The van der Waals surface area contributed by atoms with E-state index in [2.05, 4.69) is 4.98 Å². The number of hydrogen-bond donors (Lipinski definition) is 0. The highest BCUT2D eigenvalue weighted by atomic mass is 32.2. The Bertz CT molecular complexity index is 838. The second kappa shape index (κ2) is 8.34. The summed E-state index contributed by atoms with van der Waals surface area (Å²) >= 11 is 0.210. The van der Waals surface area contributed by atoms with E-state index in [0.29, 0.717) is 18.8 Å². The number of piperazine rings is 1. The lowest BCUT2D eigenvalue weighted by molar-refractivity contribution is -0.137. The molecule has 0 radical (unpaired) electrons. The van der Waals surface area contributed by atoms with Crippen LogP contribution in [0.5, 0.6) is 0 Å². The smallest absolute Gasteiger partial charge is 0.368 e. The average molecular weight is 417 g/mol. The topological polar surface area (TPSA) is 36.4 Å². The number of anilines is 1. The first-order valence-corrected chi connectivity index (χ1v) is 9.25. The van der Waals surface area contributed by atoms with Crippen molar-refractivity contribution in [3.63, 3.8) is 0 Å². The zero-order chi connectivity index (χ0) is 20.3. The summed E-state index contributed by atoms with van der Waals surface area (Å²) in [6.45, 7) is 1.21. The molecule has 2 heterocycles. The van der Waals surface area contributed by atoms with Crippen LogP contribution in [0.1, 0.15) is 15.9 Å². The maximum absolute atomic E-state index is 12.9. The second-order valence-electron chi connectivity index (χ2n) is 6.06. The number of amides is 1. The maximum Gasteiger partial charge on any atom is 0.416 e. The van der Waals surface area contributed by atoms with Gasteiger partial charge in [-0.3, -0.25) is 4.79 Å². The third-order valence-corrected chi connectivity index (χ3v) is 5.03. The van der Waals surface area contributed by atoms with Crippen molar-refractivity contribution in [2.45, 2.75) is 17.0 Å². The van der Waals surface area contributed by atoms with E-state index >= 15 is 0 Å². The summed E-state index contributed by atoms with van der Waals surface area (Å²) in [5, 5.41) is -0.0391. The maximum atomic E-state index is 12.9. The van der Waals surface area contributed by atoms with Gasteiger partial charge in [-0.05, 0) is 42.1 Å². The number of hydrogen-bond acceptors (Lipinski definition) is 4. The number of thioether (sulfide) groups is 1. The van der Waals surface area contributed by atoms with Crippen LogP contribution >= 0.6 is 11.8 Å². The van der Waals surface area contributed by atoms with Crippen LogP contribution < -0.4 is 4.90 Å². The van der Waals surface area contributed by atoms with E-state index in [-0.39, 0.29) is 35.4 Å². The Morgan fingerprint density at radius 2 is 1.79 bits per heavy atom. The molecule has 0 N–H and O–H groups in total. The molecule has 1 aliphatic heterocycles. The summed E-state index contributed by atoms with van der Waals surface area (Å²) in [7, 11) is 0. The normalized spacial score (nSPS) is 15.2. The van der Waals surface area contributed by atoms with E-state index in [1.165, 1.54) is 29.3 Å². The molecule has 3 rings (SSSR count). The molecule has 0 saturated carbocycles. The first-order valence-electron chi connectivity index (χ1n) is 8.37. The average Bonchev–Trinajstić information content (AvgIpc) is 2.67. The number of rotatable bonds is 4. The first kappa shape index (κ1) is 20.4. The number of carbonyl (C=O) groups excluding carboxylic acids is 1. The fourth-order valence-corrected chi connectivity index (χ4v) is 3.52. The molecule has 0 bridgehead atoms. The molecule has 0 spiro atoms. The number of halogens is 5. The van der Waals surface area contributed by atoms with Gasteiger partial charge in [0.25, 0.3) is 11.7 Å². The minimum Gasteiger partial charge on any atom is -0.368 e. The fraction of sp³-hybridized carbons (Fsp3) is 0.333. The van der Waals surface area contributed by atoms with Gasteiger partial charge in [-0.15, -0.1) is 0 Å². The van der Waals surface area contributed by atoms with Gasteiger partial charge in [0, 0.05) is 38.1 Å². The van der Waals surface area contributed by atoms with E-state index in [4.69, 9.17) is 0 Å². The second-order valence-corrected chi connectivity index (χ2v) is 7.04. The summed E-state index contributed by atoms with van der Waals surface area (Å²) in [6.07, 6.45) is -3.08. The monoisotopic (exact) mass is 417 g/mol. The van der Waals surface area contributed by atoms with Gasteiger partial charge in [0.15, 0.2) is 0 Å². The summed E-state index contributed by atoms with van der Waals surface area (Å²) in [5.41, 5.74) is -0.204. The molecule has 0 atom stereocenters. The highest BCUT2D eigenvalue weighted by Crippen LogP contribution is 2.32. The van der Waals surface area contributed by atoms with Crippen LogP contribution in [-0.4, -0.2) is 47.7 Å². The number of alkyl halides is 5. The standard InChI is InChI=1S/C18H16F5N3OS/c19-17(20)28-15-14(5-2-6-24-15)16(27)26-9-7-25(8-10-26)13-4-1-3-12(11-13)18(21,22)23/h1-6,11,17H,7-10H2. The minimum absolute atomic E-state index is 0.0391. The molecule has 1 aromatic carbocycles. The number of aromatic nitrogens is 1. The molecule has 1 fully saturated rings. The summed E-state index contributed by atoms with van der Waals surface area (Å²) in [6, 6.07) is 7.97. The highest BCUT2D eigenvalue weighted by molar-refractivity contribution is 7.99. The van der Waals surface area contributed by atoms with E-state index in [0.717, 1.165) is 12.1 Å². The Kier molecular flexibility index (Phi) is 6.07. The van der Waals surface area contributed by atoms with Gasteiger partial charge in [0.2, 0.25) is 0 Å². The molecule has 10 heteroatoms. The van der Waals surface area contributed by atoms with Gasteiger partial charge in [-0.2, -0.15) is 22.0 Å². The van der Waals surface area contributed by atoms with Crippen molar-refractivity contribution < 1.29 is 26.7 Å². The van der Waals surface area contributed by atoms with E-state index in [9.17, 15) is 26.7 Å². The Morgan fingerprint density at radius 3 is 2.43 bits per heavy atom. The van der Waals surface area contributed by atoms with Crippen LogP contribution in [0, 0.1) is 0 Å². The lowest BCUT2D eigenvalue weighted by Gasteiger charge is -2.36. The van der Waals surface area contributed by atoms with Crippen LogP contribution in [0.4, 0.5) is 27.6 Å². The zero-order valence-corrected chi connectivity index (χ0v) is 15.3. The van der Waals surface area contributed by atoms with E-state index < -0.39 is 23.4 Å². The lowest BCUT2D eigenvalue weighted by atomic mass is 10.1. The number of nitrogens with zero attached hydrogens (tertiary/aromatic N) is 3. The van der Waals surface area contributed by atoms with Crippen LogP contribution in [0.2, 0.25) is 0 Å². The number of carbonyl (C=O) groups is 1. The molecule has 28 heavy (non-hydrogen) atoms. The Hall–Kier alpha value is -2.36. The molecule has 1 aromatic heterocycles. The molecule has 2 aromatic rings. The minimum atomic E-state index is -4.42. The lowest BCUT2D eigenvalue weighted by Crippen LogP contribution is -2.49. The predicted octanol–water partition coefficient (Wildman–Crippen LogP) is 4.38. The molecular formula is C18H16F5N3OS. The number of pyridine rings is 1. The van der Waals surface area contributed by atoms with Crippen molar-refractivity contribution in [2.75, 3.05) is 31.1 Å².